The molecule has 1 N–H and O–H groups in total. The highest BCUT2D eigenvalue weighted by Gasteiger charge is 2.03. The number of hydrogen-bond acceptors (Lipinski definition) is 3. The van der Waals surface area contributed by atoms with Crippen LogP contribution in [0.2, 0.25) is 0 Å². The number of thioether (sulfide) groups is 1. The molecule has 0 fully saturated rings. The Hall–Kier alpha value is -0.810. The average Bonchev–Trinajstić information content (AvgIpc) is 2.63. The molecule has 2 aromatic rings. The van der Waals surface area contributed by atoms with Crippen LogP contribution in [-0.2, 0) is 5.75 Å². The summed E-state index contributed by atoms with van der Waals surface area (Å²) < 4.78 is 1.13. The number of hydrogen-bond donors (Lipinski definition) is 1. The van der Waals surface area contributed by atoms with E-state index >= 15 is 0 Å². The second-order valence-electron chi connectivity index (χ2n) is 3.08. The van der Waals surface area contributed by atoms with E-state index in [2.05, 4.69) is 37.2 Å². The molecule has 1 aromatic carbocycles. The molecule has 3 nitrogen and oxygen atoms in total. The van der Waals surface area contributed by atoms with E-state index in [1.165, 1.54) is 5.56 Å². The molecule has 0 saturated heterocycles. The van der Waals surface area contributed by atoms with E-state index in [0.29, 0.717) is 0 Å². The molecule has 0 aliphatic carbocycles. The minimum atomic E-state index is 0.795. The summed E-state index contributed by atoms with van der Waals surface area (Å²) in [6, 6.07) is 8.18. The van der Waals surface area contributed by atoms with E-state index in [0.717, 1.165) is 21.2 Å². The van der Waals surface area contributed by atoms with Gasteiger partial charge in [0.1, 0.15) is 5.82 Å². The second kappa shape index (κ2) is 4.81. The molecule has 0 bridgehead atoms. The van der Waals surface area contributed by atoms with Gasteiger partial charge in [0.25, 0.3) is 0 Å². The average molecular weight is 284 g/mol. The third-order valence-electron chi connectivity index (χ3n) is 1.89. The van der Waals surface area contributed by atoms with Crippen molar-refractivity contribution >= 4 is 27.7 Å². The molecule has 15 heavy (non-hydrogen) atoms. The zero-order valence-corrected chi connectivity index (χ0v) is 10.6. The van der Waals surface area contributed by atoms with Gasteiger partial charge >= 0.3 is 0 Å². The van der Waals surface area contributed by atoms with Crippen LogP contribution in [-0.4, -0.2) is 15.2 Å². The lowest BCUT2D eigenvalue weighted by Gasteiger charge is -2.00. The van der Waals surface area contributed by atoms with Gasteiger partial charge < -0.3 is 0 Å². The van der Waals surface area contributed by atoms with Crippen LogP contribution in [0.3, 0.4) is 0 Å². The summed E-state index contributed by atoms with van der Waals surface area (Å²) in [6.45, 7) is 1.90. The second-order valence-corrected chi connectivity index (χ2v) is 4.88. The van der Waals surface area contributed by atoms with Gasteiger partial charge in [-0.1, -0.05) is 45.9 Å². The molecule has 1 heterocycles. The smallest absolute Gasteiger partial charge is 0.208 e. The fourth-order valence-corrected chi connectivity index (χ4v) is 2.60. The maximum atomic E-state index is 4.24. The first-order chi connectivity index (χ1) is 7.25. The van der Waals surface area contributed by atoms with Gasteiger partial charge in [-0.25, -0.2) is 4.98 Å². The van der Waals surface area contributed by atoms with Crippen LogP contribution in [0.15, 0.2) is 33.9 Å². The number of aromatic amines is 1. The number of nitrogens with one attached hydrogen (secondary N) is 1. The van der Waals surface area contributed by atoms with Crippen LogP contribution in [0.5, 0.6) is 0 Å². The van der Waals surface area contributed by atoms with Crippen molar-refractivity contribution in [1.29, 1.82) is 0 Å². The Bertz CT molecular complexity index is 455. The number of aryl methyl sites for hydroxylation is 1. The summed E-state index contributed by atoms with van der Waals surface area (Å²) in [7, 11) is 0. The Labute approximate surface area is 101 Å². The SMILES string of the molecule is Cc1nc(SCc2ccccc2Br)n[nH]1. The molecule has 0 saturated carbocycles. The molecule has 5 heteroatoms. The van der Waals surface area contributed by atoms with E-state index in [1.807, 2.05) is 25.1 Å². The molecular weight excluding hydrogens is 274 g/mol. The van der Waals surface area contributed by atoms with Crippen molar-refractivity contribution in [1.82, 2.24) is 15.2 Å². The van der Waals surface area contributed by atoms with Crippen molar-refractivity contribution < 1.29 is 0 Å². The van der Waals surface area contributed by atoms with Gasteiger partial charge in [0, 0.05) is 10.2 Å². The van der Waals surface area contributed by atoms with Gasteiger partial charge in [0.05, 0.1) is 0 Å². The molecule has 2 rings (SSSR count). The van der Waals surface area contributed by atoms with Crippen LogP contribution in [0.25, 0.3) is 0 Å². The highest BCUT2D eigenvalue weighted by Crippen LogP contribution is 2.24. The Morgan fingerprint density at radius 1 is 1.40 bits per heavy atom. The van der Waals surface area contributed by atoms with Gasteiger partial charge in [0.15, 0.2) is 0 Å². The van der Waals surface area contributed by atoms with Crippen LogP contribution in [0.1, 0.15) is 11.4 Å². The van der Waals surface area contributed by atoms with E-state index in [-0.39, 0.29) is 0 Å². The largest absolute Gasteiger partial charge is 0.262 e. The van der Waals surface area contributed by atoms with E-state index in [9.17, 15) is 0 Å². The van der Waals surface area contributed by atoms with Crippen LogP contribution < -0.4 is 0 Å². The van der Waals surface area contributed by atoms with Gasteiger partial charge in [0.2, 0.25) is 5.16 Å². The zero-order chi connectivity index (χ0) is 10.7. The summed E-state index contributed by atoms with van der Waals surface area (Å²) in [5.41, 5.74) is 1.25. The normalized spacial score (nSPS) is 10.5. The number of benzene rings is 1. The Kier molecular flexibility index (Phi) is 3.43. The Balaban J connectivity index is 2.02. The molecule has 0 aliphatic rings. The van der Waals surface area contributed by atoms with Crippen LogP contribution in [0, 0.1) is 6.92 Å². The number of rotatable bonds is 3. The molecule has 0 radical (unpaired) electrons. The van der Waals surface area contributed by atoms with E-state index < -0.39 is 0 Å². The number of halogens is 1. The van der Waals surface area contributed by atoms with Crippen molar-refractivity contribution in [2.75, 3.05) is 0 Å². The van der Waals surface area contributed by atoms with Crippen molar-refractivity contribution in [2.24, 2.45) is 0 Å². The summed E-state index contributed by atoms with van der Waals surface area (Å²) >= 11 is 5.14. The maximum absolute atomic E-state index is 4.24. The summed E-state index contributed by atoms with van der Waals surface area (Å²) in [6.07, 6.45) is 0. The van der Waals surface area contributed by atoms with Crippen LogP contribution >= 0.6 is 27.7 Å². The summed E-state index contributed by atoms with van der Waals surface area (Å²) in [5.74, 6) is 1.73. The highest BCUT2D eigenvalue weighted by atomic mass is 79.9. The fraction of sp³-hybridized carbons (Fsp3) is 0.200. The predicted octanol–water partition coefficient (Wildman–Crippen LogP) is 3.17. The molecule has 0 spiro atoms. The molecule has 1 aromatic heterocycles. The fourth-order valence-electron chi connectivity index (χ4n) is 1.14. The Morgan fingerprint density at radius 3 is 2.87 bits per heavy atom. The highest BCUT2D eigenvalue weighted by molar-refractivity contribution is 9.10. The standard InChI is InChI=1S/C10H10BrN3S/c1-7-12-10(14-13-7)15-6-8-4-2-3-5-9(8)11/h2-5H,6H2,1H3,(H,12,13,14). The monoisotopic (exact) mass is 283 g/mol. The third kappa shape index (κ3) is 2.82. The molecule has 78 valence electrons. The van der Waals surface area contributed by atoms with E-state index in [1.54, 1.807) is 11.8 Å². The van der Waals surface area contributed by atoms with Crippen molar-refractivity contribution in [3.05, 3.63) is 40.1 Å². The van der Waals surface area contributed by atoms with Crippen molar-refractivity contribution in [3.63, 3.8) is 0 Å². The van der Waals surface area contributed by atoms with Crippen molar-refractivity contribution in [2.45, 2.75) is 17.8 Å². The summed E-state index contributed by atoms with van der Waals surface area (Å²) in [5, 5.41) is 7.69. The minimum absolute atomic E-state index is 0.795. The van der Waals surface area contributed by atoms with E-state index in [4.69, 9.17) is 0 Å². The number of aromatic nitrogens is 3. The Morgan fingerprint density at radius 2 is 2.20 bits per heavy atom. The molecule has 0 unspecified atom stereocenters. The van der Waals surface area contributed by atoms with Crippen molar-refractivity contribution in [3.8, 4) is 0 Å². The predicted molar refractivity (Wildman–Crippen MR) is 64.8 cm³/mol. The number of nitrogens with zero attached hydrogens (tertiary/aromatic N) is 2. The zero-order valence-electron chi connectivity index (χ0n) is 8.20. The van der Waals surface area contributed by atoms with Gasteiger partial charge in [-0.2, -0.15) is 0 Å². The number of H-pyrrole nitrogens is 1. The molecule has 0 atom stereocenters. The maximum Gasteiger partial charge on any atom is 0.208 e. The first kappa shape index (κ1) is 10.7. The molecule has 0 aliphatic heterocycles. The molecule has 0 amide bonds. The minimum Gasteiger partial charge on any atom is -0.262 e. The molecular formula is C10H10BrN3S. The quantitative estimate of drug-likeness (QED) is 0.880. The lowest BCUT2D eigenvalue weighted by Crippen LogP contribution is -1.83. The first-order valence-corrected chi connectivity index (χ1v) is 6.29. The van der Waals surface area contributed by atoms with Crippen LogP contribution in [0.4, 0.5) is 0 Å². The lowest BCUT2D eigenvalue weighted by atomic mass is 10.2. The first-order valence-electron chi connectivity index (χ1n) is 4.51. The van der Waals surface area contributed by atoms with Gasteiger partial charge in [-0.15, -0.1) is 5.10 Å². The van der Waals surface area contributed by atoms with Gasteiger partial charge in [-0.3, -0.25) is 5.10 Å². The topological polar surface area (TPSA) is 41.6 Å². The third-order valence-corrected chi connectivity index (χ3v) is 3.56. The summed E-state index contributed by atoms with van der Waals surface area (Å²) in [4.78, 5) is 4.24. The van der Waals surface area contributed by atoms with Gasteiger partial charge in [-0.05, 0) is 18.6 Å². The lowest BCUT2D eigenvalue weighted by molar-refractivity contribution is 0.969.